The number of aryl methyl sites for hydroxylation is 1. The van der Waals surface area contributed by atoms with Gasteiger partial charge in [-0.2, -0.15) is 0 Å². The second-order valence-corrected chi connectivity index (χ2v) is 7.47. The van der Waals surface area contributed by atoms with Crippen LogP contribution in [0.1, 0.15) is 26.3 Å². The molecule has 1 heterocycles. The van der Waals surface area contributed by atoms with Gasteiger partial charge in [0.15, 0.2) is 0 Å². The van der Waals surface area contributed by atoms with Crippen molar-refractivity contribution in [1.82, 2.24) is 9.66 Å². The van der Waals surface area contributed by atoms with Gasteiger partial charge in [0.05, 0.1) is 32.3 Å². The number of nitrogens with one attached hydrogen (secondary N) is 1. The number of aromatic nitrogens is 2. The Morgan fingerprint density at radius 3 is 2.62 bits per heavy atom. The summed E-state index contributed by atoms with van der Waals surface area (Å²) in [5, 5.41) is 1.01. The normalized spacial score (nSPS) is 11.6. The van der Waals surface area contributed by atoms with Crippen LogP contribution in [0.3, 0.4) is 0 Å². The Bertz CT molecular complexity index is 1000. The van der Waals surface area contributed by atoms with Gasteiger partial charge in [-0.1, -0.05) is 44.0 Å². The van der Waals surface area contributed by atoms with Gasteiger partial charge in [-0.3, -0.25) is 14.4 Å². The monoisotopic (exact) mass is 391 g/mol. The van der Waals surface area contributed by atoms with Crippen LogP contribution in [0.2, 0.25) is 5.02 Å². The number of hydrogen-bond acceptors (Lipinski definition) is 4. The van der Waals surface area contributed by atoms with Crippen molar-refractivity contribution in [2.75, 3.05) is 11.2 Å². The van der Waals surface area contributed by atoms with Crippen LogP contribution in [-0.4, -0.2) is 19.6 Å². The Morgan fingerprint density at radius 2 is 1.92 bits per heavy atom. The van der Waals surface area contributed by atoms with Crippen molar-refractivity contribution in [3.8, 4) is 0 Å². The lowest BCUT2D eigenvalue weighted by Crippen LogP contribution is -2.27. The minimum absolute atomic E-state index is 0.225. The van der Waals surface area contributed by atoms with E-state index in [0.717, 1.165) is 5.56 Å². The van der Waals surface area contributed by atoms with E-state index in [4.69, 9.17) is 11.6 Å². The first kappa shape index (κ1) is 20.1. The summed E-state index contributed by atoms with van der Waals surface area (Å²) in [6.07, 6.45) is 1.42. The Hall–Kier alpha value is -2.18. The zero-order valence-corrected chi connectivity index (χ0v) is 16.8. The molecule has 0 aliphatic heterocycles. The van der Waals surface area contributed by atoms with Crippen molar-refractivity contribution in [2.45, 2.75) is 32.6 Å². The SMILES string of the molecule is CC.CCS(=O)c1ccc(Cl)cc1Nn1cnc2ccc(C)cc2c1=O. The fourth-order valence-corrected chi connectivity index (χ4v) is 3.44. The van der Waals surface area contributed by atoms with E-state index in [1.54, 1.807) is 24.3 Å². The van der Waals surface area contributed by atoms with E-state index in [0.29, 0.717) is 32.3 Å². The Labute approximate surface area is 160 Å². The fourth-order valence-electron chi connectivity index (χ4n) is 2.39. The molecule has 0 fully saturated rings. The van der Waals surface area contributed by atoms with Crippen LogP contribution in [0.4, 0.5) is 5.69 Å². The van der Waals surface area contributed by atoms with Gasteiger partial charge in [-0.25, -0.2) is 9.66 Å². The second-order valence-electron chi connectivity index (χ2n) is 5.33. The van der Waals surface area contributed by atoms with Gasteiger partial charge in [-0.05, 0) is 37.3 Å². The molecule has 0 saturated carbocycles. The molecule has 0 spiro atoms. The van der Waals surface area contributed by atoms with E-state index in [2.05, 4.69) is 10.4 Å². The van der Waals surface area contributed by atoms with Crippen LogP contribution in [0.25, 0.3) is 10.9 Å². The molecule has 0 aliphatic carbocycles. The van der Waals surface area contributed by atoms with Gasteiger partial charge in [0, 0.05) is 10.8 Å². The molecular weight excluding hydrogens is 370 g/mol. The van der Waals surface area contributed by atoms with Crippen LogP contribution in [0.15, 0.2) is 52.4 Å². The Morgan fingerprint density at radius 1 is 1.19 bits per heavy atom. The summed E-state index contributed by atoms with van der Waals surface area (Å²) in [6.45, 7) is 7.75. The lowest BCUT2D eigenvalue weighted by atomic mass is 10.2. The van der Waals surface area contributed by atoms with Crippen LogP contribution < -0.4 is 11.0 Å². The maximum absolute atomic E-state index is 12.7. The molecule has 5 nitrogen and oxygen atoms in total. The number of hydrogen-bond donors (Lipinski definition) is 1. The van der Waals surface area contributed by atoms with Crippen LogP contribution in [-0.2, 0) is 10.8 Å². The summed E-state index contributed by atoms with van der Waals surface area (Å²) in [5.74, 6) is 0.473. The third-order valence-corrected chi connectivity index (χ3v) is 5.21. The Balaban J connectivity index is 0.00000117. The largest absolute Gasteiger partial charge is 0.289 e. The molecular formula is C19H22ClN3O2S. The first-order chi connectivity index (χ1) is 12.5. The number of nitrogens with zero attached hydrogens (tertiary/aromatic N) is 2. The van der Waals surface area contributed by atoms with Gasteiger partial charge in [0.1, 0.15) is 6.33 Å². The molecule has 3 rings (SSSR count). The van der Waals surface area contributed by atoms with E-state index in [1.165, 1.54) is 11.0 Å². The van der Waals surface area contributed by atoms with Crippen LogP contribution in [0, 0.1) is 6.92 Å². The van der Waals surface area contributed by atoms with Gasteiger partial charge in [0.2, 0.25) is 0 Å². The van der Waals surface area contributed by atoms with E-state index in [1.807, 2.05) is 39.8 Å². The number of halogens is 1. The first-order valence-corrected chi connectivity index (χ1v) is 10.1. The molecule has 1 atom stereocenters. The van der Waals surface area contributed by atoms with E-state index < -0.39 is 10.8 Å². The van der Waals surface area contributed by atoms with Gasteiger partial charge >= 0.3 is 0 Å². The third-order valence-electron chi connectivity index (χ3n) is 3.60. The van der Waals surface area contributed by atoms with Crippen molar-refractivity contribution >= 4 is 39.0 Å². The predicted molar refractivity (Wildman–Crippen MR) is 110 cm³/mol. The van der Waals surface area contributed by atoms with E-state index in [9.17, 15) is 9.00 Å². The smallest absolute Gasteiger partial charge is 0.280 e. The molecule has 7 heteroatoms. The molecule has 0 bridgehead atoms. The first-order valence-electron chi connectivity index (χ1n) is 8.42. The molecule has 0 saturated heterocycles. The molecule has 3 aromatic rings. The zero-order valence-electron chi connectivity index (χ0n) is 15.2. The predicted octanol–water partition coefficient (Wildman–Crippen LogP) is 4.39. The lowest BCUT2D eigenvalue weighted by Gasteiger charge is -2.14. The fraction of sp³-hybridized carbons (Fsp3) is 0.263. The highest BCUT2D eigenvalue weighted by molar-refractivity contribution is 7.85. The molecule has 0 amide bonds. The summed E-state index contributed by atoms with van der Waals surface area (Å²) >= 11 is 6.04. The van der Waals surface area contributed by atoms with Crippen molar-refractivity contribution in [3.63, 3.8) is 0 Å². The van der Waals surface area contributed by atoms with Crippen molar-refractivity contribution in [1.29, 1.82) is 0 Å². The zero-order chi connectivity index (χ0) is 19.3. The highest BCUT2D eigenvalue weighted by Gasteiger charge is 2.11. The molecule has 26 heavy (non-hydrogen) atoms. The van der Waals surface area contributed by atoms with Gasteiger partial charge < -0.3 is 0 Å². The molecule has 138 valence electrons. The molecule has 0 radical (unpaired) electrons. The quantitative estimate of drug-likeness (QED) is 0.716. The maximum atomic E-state index is 12.7. The standard InChI is InChI=1S/C17H16ClN3O2S.C2H6/c1-3-24(23)16-7-5-12(18)9-15(16)20-21-10-19-14-6-4-11(2)8-13(14)17(21)22;1-2/h4-10,20H,3H2,1-2H3;1-2H3. The van der Waals surface area contributed by atoms with Crippen LogP contribution >= 0.6 is 11.6 Å². The second kappa shape index (κ2) is 8.96. The molecule has 2 aromatic carbocycles. The molecule has 1 N–H and O–H groups in total. The average molecular weight is 392 g/mol. The third kappa shape index (κ3) is 4.31. The van der Waals surface area contributed by atoms with Crippen molar-refractivity contribution < 1.29 is 4.21 Å². The summed E-state index contributed by atoms with van der Waals surface area (Å²) in [4.78, 5) is 17.6. The number of benzene rings is 2. The van der Waals surface area contributed by atoms with Crippen molar-refractivity contribution in [2.24, 2.45) is 0 Å². The number of anilines is 1. The number of rotatable bonds is 4. The van der Waals surface area contributed by atoms with E-state index in [-0.39, 0.29) is 5.56 Å². The van der Waals surface area contributed by atoms with Crippen molar-refractivity contribution in [3.05, 3.63) is 63.7 Å². The van der Waals surface area contributed by atoms with Gasteiger partial charge in [-0.15, -0.1) is 0 Å². The molecule has 0 aliphatic rings. The van der Waals surface area contributed by atoms with Gasteiger partial charge in [0.25, 0.3) is 5.56 Å². The summed E-state index contributed by atoms with van der Waals surface area (Å²) in [7, 11) is -1.18. The topological polar surface area (TPSA) is 64.0 Å². The minimum Gasteiger partial charge on any atom is -0.289 e. The Kier molecular flexibility index (Phi) is 6.94. The summed E-state index contributed by atoms with van der Waals surface area (Å²) < 4.78 is 13.5. The highest BCUT2D eigenvalue weighted by atomic mass is 35.5. The molecule has 1 unspecified atom stereocenters. The number of fused-ring (bicyclic) bond motifs is 1. The summed E-state index contributed by atoms with van der Waals surface area (Å²) in [6, 6.07) is 10.6. The lowest BCUT2D eigenvalue weighted by molar-refractivity contribution is 0.684. The molecule has 1 aromatic heterocycles. The average Bonchev–Trinajstić information content (AvgIpc) is 2.65. The van der Waals surface area contributed by atoms with Crippen LogP contribution in [0.5, 0.6) is 0 Å². The highest BCUT2D eigenvalue weighted by Crippen LogP contribution is 2.24. The van der Waals surface area contributed by atoms with E-state index >= 15 is 0 Å². The maximum Gasteiger partial charge on any atom is 0.280 e. The minimum atomic E-state index is -1.18. The summed E-state index contributed by atoms with van der Waals surface area (Å²) in [5.41, 5.74) is 4.89.